The number of hydrogen-bond acceptors (Lipinski definition) is 4. The molecule has 1 fully saturated rings. The van der Waals surface area contributed by atoms with Gasteiger partial charge in [-0.25, -0.2) is 13.1 Å². The Morgan fingerprint density at radius 2 is 1.81 bits per heavy atom. The maximum absolute atomic E-state index is 12.8. The van der Waals surface area contributed by atoms with Crippen molar-refractivity contribution in [2.45, 2.75) is 18.2 Å². The minimum atomic E-state index is -3.43. The van der Waals surface area contributed by atoms with E-state index >= 15 is 0 Å². The van der Waals surface area contributed by atoms with E-state index in [2.05, 4.69) is 10.3 Å². The Labute approximate surface area is 163 Å². The van der Waals surface area contributed by atoms with Gasteiger partial charge >= 0.3 is 0 Å². The first-order chi connectivity index (χ1) is 13.0. The van der Waals surface area contributed by atoms with E-state index in [1.54, 1.807) is 28.9 Å². The molecule has 140 valence electrons. The highest BCUT2D eigenvalue weighted by Gasteiger charge is 2.33. The van der Waals surface area contributed by atoms with Crippen molar-refractivity contribution in [2.24, 2.45) is 0 Å². The van der Waals surface area contributed by atoms with Crippen LogP contribution in [0.25, 0.3) is 11.3 Å². The summed E-state index contributed by atoms with van der Waals surface area (Å²) < 4.78 is 28.8. The smallest absolute Gasteiger partial charge is 0.218 e. The largest absolute Gasteiger partial charge is 0.247 e. The molecule has 0 radical (unpaired) electrons. The van der Waals surface area contributed by atoms with Gasteiger partial charge in [0.25, 0.3) is 0 Å². The van der Waals surface area contributed by atoms with E-state index in [4.69, 9.17) is 11.6 Å². The van der Waals surface area contributed by atoms with Crippen LogP contribution in [0.3, 0.4) is 0 Å². The highest BCUT2D eigenvalue weighted by molar-refractivity contribution is 7.88. The van der Waals surface area contributed by atoms with Crippen LogP contribution >= 0.6 is 11.6 Å². The van der Waals surface area contributed by atoms with Crippen molar-refractivity contribution in [2.75, 3.05) is 13.1 Å². The minimum absolute atomic E-state index is 0.0176. The van der Waals surface area contributed by atoms with Gasteiger partial charge in [-0.1, -0.05) is 65.3 Å². The normalized spacial score (nSPS) is 18.0. The lowest BCUT2D eigenvalue weighted by atomic mass is 10.2. The Morgan fingerprint density at radius 3 is 2.59 bits per heavy atom. The van der Waals surface area contributed by atoms with Crippen molar-refractivity contribution in [3.05, 3.63) is 71.4 Å². The molecule has 0 aliphatic carbocycles. The van der Waals surface area contributed by atoms with Gasteiger partial charge in [0.1, 0.15) is 5.69 Å². The van der Waals surface area contributed by atoms with Gasteiger partial charge in [0.2, 0.25) is 10.0 Å². The summed E-state index contributed by atoms with van der Waals surface area (Å²) in [5, 5.41) is 8.91. The van der Waals surface area contributed by atoms with Crippen molar-refractivity contribution >= 4 is 21.6 Å². The number of nitrogens with zero attached hydrogens (tertiary/aromatic N) is 4. The summed E-state index contributed by atoms with van der Waals surface area (Å²) in [6.45, 7) is 0.863. The predicted molar refractivity (Wildman–Crippen MR) is 105 cm³/mol. The van der Waals surface area contributed by atoms with Crippen molar-refractivity contribution in [1.29, 1.82) is 0 Å². The molecule has 27 heavy (non-hydrogen) atoms. The van der Waals surface area contributed by atoms with Gasteiger partial charge in [0.15, 0.2) is 0 Å². The van der Waals surface area contributed by atoms with Crippen LogP contribution in [0.15, 0.2) is 60.8 Å². The summed E-state index contributed by atoms with van der Waals surface area (Å²) in [5.74, 6) is -0.0913. The third-order valence-corrected chi connectivity index (χ3v) is 6.93. The maximum atomic E-state index is 12.8. The molecule has 1 unspecified atom stereocenters. The Hall–Kier alpha value is -2.22. The zero-order valence-electron chi connectivity index (χ0n) is 14.6. The summed E-state index contributed by atoms with van der Waals surface area (Å²) in [6.07, 6.45) is 2.59. The van der Waals surface area contributed by atoms with Crippen LogP contribution in [-0.4, -0.2) is 40.8 Å². The van der Waals surface area contributed by atoms with Crippen LogP contribution in [-0.2, 0) is 15.8 Å². The van der Waals surface area contributed by atoms with Crippen molar-refractivity contribution in [1.82, 2.24) is 19.3 Å². The van der Waals surface area contributed by atoms with E-state index in [1.165, 1.54) is 4.31 Å². The number of sulfonamides is 1. The van der Waals surface area contributed by atoms with Gasteiger partial charge in [0, 0.05) is 23.7 Å². The summed E-state index contributed by atoms with van der Waals surface area (Å²) in [7, 11) is -3.43. The van der Waals surface area contributed by atoms with E-state index in [0.29, 0.717) is 30.1 Å². The van der Waals surface area contributed by atoms with Crippen LogP contribution in [0.2, 0.25) is 5.02 Å². The molecule has 0 spiro atoms. The van der Waals surface area contributed by atoms with Gasteiger partial charge in [-0.3, -0.25) is 0 Å². The maximum Gasteiger partial charge on any atom is 0.218 e. The second kappa shape index (κ2) is 7.42. The molecule has 1 aliphatic heterocycles. The Morgan fingerprint density at radius 1 is 1.07 bits per heavy atom. The molecule has 6 nitrogen and oxygen atoms in total. The quantitative estimate of drug-likeness (QED) is 0.656. The van der Waals surface area contributed by atoms with E-state index in [1.807, 2.05) is 36.5 Å². The van der Waals surface area contributed by atoms with E-state index in [0.717, 1.165) is 11.3 Å². The number of aromatic nitrogens is 3. The number of rotatable bonds is 5. The highest BCUT2D eigenvalue weighted by Crippen LogP contribution is 2.27. The molecule has 4 rings (SSSR count). The second-order valence-corrected chi connectivity index (χ2v) is 8.97. The van der Waals surface area contributed by atoms with E-state index in [9.17, 15) is 8.42 Å². The second-order valence-electron chi connectivity index (χ2n) is 6.60. The molecule has 0 amide bonds. The van der Waals surface area contributed by atoms with Crippen molar-refractivity contribution in [3.63, 3.8) is 0 Å². The monoisotopic (exact) mass is 402 g/mol. The molecule has 3 aromatic rings. The molecule has 1 saturated heterocycles. The fraction of sp³-hybridized carbons (Fsp3) is 0.263. The first kappa shape index (κ1) is 18.2. The van der Waals surface area contributed by atoms with Crippen LogP contribution in [0.5, 0.6) is 0 Å². The van der Waals surface area contributed by atoms with Crippen molar-refractivity contribution in [3.8, 4) is 11.3 Å². The molecular weight excluding hydrogens is 384 g/mol. The topological polar surface area (TPSA) is 68.1 Å². The highest BCUT2D eigenvalue weighted by atomic mass is 35.5. The van der Waals surface area contributed by atoms with Gasteiger partial charge in [-0.2, -0.15) is 4.31 Å². The average Bonchev–Trinajstić information content (AvgIpc) is 3.34. The number of halogens is 1. The standard InChI is InChI=1S/C19H19ClN4O2S/c20-18-9-5-4-8-16(18)14-27(25,26)23-11-10-17(12-23)24-13-19(21-22-24)15-6-2-1-3-7-15/h1-9,13,17H,10-12,14H2. The molecule has 1 atom stereocenters. The van der Waals surface area contributed by atoms with Crippen molar-refractivity contribution < 1.29 is 8.42 Å². The Bertz CT molecular complexity index is 1040. The molecule has 2 heterocycles. The number of hydrogen-bond donors (Lipinski definition) is 0. The van der Waals surface area contributed by atoms with Gasteiger partial charge in [0.05, 0.1) is 18.0 Å². The zero-order chi connectivity index (χ0) is 18.9. The summed E-state index contributed by atoms with van der Waals surface area (Å²) in [6, 6.07) is 16.8. The van der Waals surface area contributed by atoms with E-state index in [-0.39, 0.29) is 11.8 Å². The molecule has 8 heteroatoms. The minimum Gasteiger partial charge on any atom is -0.247 e. The Balaban J connectivity index is 1.47. The third kappa shape index (κ3) is 3.90. The van der Waals surface area contributed by atoms with E-state index < -0.39 is 10.0 Å². The molecule has 0 bridgehead atoms. The zero-order valence-corrected chi connectivity index (χ0v) is 16.1. The molecular formula is C19H19ClN4O2S. The fourth-order valence-electron chi connectivity index (χ4n) is 3.28. The van der Waals surface area contributed by atoms with Crippen LogP contribution in [0, 0.1) is 0 Å². The molecule has 1 aromatic heterocycles. The lowest BCUT2D eigenvalue weighted by Crippen LogP contribution is -2.30. The lowest BCUT2D eigenvalue weighted by molar-refractivity contribution is 0.428. The molecule has 0 saturated carbocycles. The van der Waals surface area contributed by atoms with Gasteiger partial charge in [-0.15, -0.1) is 5.10 Å². The SMILES string of the molecule is O=S(=O)(Cc1ccccc1Cl)N1CCC(n2cc(-c3ccccc3)nn2)C1. The van der Waals surface area contributed by atoms with Crippen LogP contribution in [0.4, 0.5) is 0 Å². The lowest BCUT2D eigenvalue weighted by Gasteiger charge is -2.17. The first-order valence-corrected chi connectivity index (χ1v) is 10.7. The third-order valence-electron chi connectivity index (χ3n) is 4.77. The summed E-state index contributed by atoms with van der Waals surface area (Å²) in [4.78, 5) is 0. The Kier molecular flexibility index (Phi) is 4.99. The summed E-state index contributed by atoms with van der Waals surface area (Å²) >= 11 is 6.12. The first-order valence-electron chi connectivity index (χ1n) is 8.71. The van der Waals surface area contributed by atoms with Gasteiger partial charge < -0.3 is 0 Å². The van der Waals surface area contributed by atoms with Crippen LogP contribution < -0.4 is 0 Å². The average molecular weight is 403 g/mol. The predicted octanol–water partition coefficient (Wildman–Crippen LogP) is 3.38. The molecule has 2 aromatic carbocycles. The summed E-state index contributed by atoms with van der Waals surface area (Å²) in [5.41, 5.74) is 2.40. The molecule has 1 aliphatic rings. The van der Waals surface area contributed by atoms with Crippen LogP contribution in [0.1, 0.15) is 18.0 Å². The molecule has 0 N–H and O–H groups in total. The van der Waals surface area contributed by atoms with Gasteiger partial charge in [-0.05, 0) is 18.1 Å². The fourth-order valence-corrected chi connectivity index (χ4v) is 5.17. The number of benzene rings is 2.